The number of aromatic nitrogens is 4. The third-order valence-electron chi connectivity index (χ3n) is 4.11. The highest BCUT2D eigenvalue weighted by Crippen LogP contribution is 2.15. The van der Waals surface area contributed by atoms with Gasteiger partial charge in [0.05, 0.1) is 31.2 Å². The van der Waals surface area contributed by atoms with Gasteiger partial charge in [0.15, 0.2) is 5.76 Å². The fraction of sp³-hybridized carbons (Fsp3) is 0.211. The van der Waals surface area contributed by atoms with Crippen molar-refractivity contribution in [2.75, 3.05) is 11.9 Å². The van der Waals surface area contributed by atoms with Crippen LogP contribution in [0, 0.1) is 0 Å². The number of amides is 1. The van der Waals surface area contributed by atoms with Gasteiger partial charge in [-0.05, 0) is 31.1 Å². The Morgan fingerprint density at radius 1 is 1.19 bits per heavy atom. The van der Waals surface area contributed by atoms with Gasteiger partial charge in [0.2, 0.25) is 0 Å². The molecule has 0 saturated heterocycles. The van der Waals surface area contributed by atoms with Gasteiger partial charge in [0, 0.05) is 17.8 Å². The monoisotopic (exact) mass is 349 g/mol. The van der Waals surface area contributed by atoms with Crippen LogP contribution in [0.2, 0.25) is 0 Å². The van der Waals surface area contributed by atoms with E-state index in [2.05, 4.69) is 15.5 Å². The molecule has 0 radical (unpaired) electrons. The first-order valence-electron chi connectivity index (χ1n) is 8.55. The standard InChI is InChI=1S/C19H19N5O2/c25-19(17-8-4-5-11-26-17)22-18-9-10-20-24(18)14-15-12-21-23(13-15)16-6-2-1-3-7-16/h1-3,6-10,12-13H,4-5,11,14H2,(H,22,25). The molecule has 7 nitrogen and oxygen atoms in total. The summed E-state index contributed by atoms with van der Waals surface area (Å²) in [7, 11) is 0. The second kappa shape index (κ2) is 7.26. The minimum Gasteiger partial charge on any atom is -0.488 e. The average molecular weight is 349 g/mol. The van der Waals surface area contributed by atoms with Crippen molar-refractivity contribution in [3.63, 3.8) is 0 Å². The number of nitrogens with zero attached hydrogens (tertiary/aromatic N) is 4. The smallest absolute Gasteiger partial charge is 0.291 e. The maximum Gasteiger partial charge on any atom is 0.291 e. The van der Waals surface area contributed by atoms with Gasteiger partial charge >= 0.3 is 0 Å². The Labute approximate surface area is 150 Å². The summed E-state index contributed by atoms with van der Waals surface area (Å²) in [5.41, 5.74) is 1.98. The number of para-hydroxylation sites is 1. The second-order valence-corrected chi connectivity index (χ2v) is 6.02. The van der Waals surface area contributed by atoms with Crippen molar-refractivity contribution in [1.82, 2.24) is 19.6 Å². The maximum atomic E-state index is 12.3. The number of ether oxygens (including phenoxy) is 1. The lowest BCUT2D eigenvalue weighted by molar-refractivity contribution is -0.116. The van der Waals surface area contributed by atoms with E-state index in [1.165, 1.54) is 0 Å². The van der Waals surface area contributed by atoms with Crippen LogP contribution in [-0.4, -0.2) is 32.1 Å². The predicted octanol–water partition coefficient (Wildman–Crippen LogP) is 2.75. The van der Waals surface area contributed by atoms with Crippen LogP contribution in [0.3, 0.4) is 0 Å². The van der Waals surface area contributed by atoms with E-state index in [0.29, 0.717) is 24.7 Å². The molecule has 0 saturated carbocycles. The number of carbonyl (C=O) groups excluding carboxylic acids is 1. The van der Waals surface area contributed by atoms with Crippen molar-refractivity contribution < 1.29 is 9.53 Å². The Morgan fingerprint density at radius 2 is 2.08 bits per heavy atom. The van der Waals surface area contributed by atoms with Crippen LogP contribution in [0.4, 0.5) is 5.82 Å². The summed E-state index contributed by atoms with van der Waals surface area (Å²) in [6.07, 6.45) is 9.04. The molecule has 3 heterocycles. The largest absolute Gasteiger partial charge is 0.488 e. The minimum atomic E-state index is -0.244. The third-order valence-corrected chi connectivity index (χ3v) is 4.11. The summed E-state index contributed by atoms with van der Waals surface area (Å²) < 4.78 is 8.95. The van der Waals surface area contributed by atoms with Crippen LogP contribution < -0.4 is 5.32 Å². The van der Waals surface area contributed by atoms with Crippen LogP contribution in [0.25, 0.3) is 5.69 Å². The molecular weight excluding hydrogens is 330 g/mol. The van der Waals surface area contributed by atoms with Gasteiger partial charge < -0.3 is 10.1 Å². The van der Waals surface area contributed by atoms with E-state index in [0.717, 1.165) is 24.1 Å². The predicted molar refractivity (Wildman–Crippen MR) is 96.8 cm³/mol. The Bertz CT molecular complexity index is 926. The van der Waals surface area contributed by atoms with Crippen molar-refractivity contribution >= 4 is 11.7 Å². The fourth-order valence-corrected chi connectivity index (χ4v) is 2.80. The van der Waals surface area contributed by atoms with Gasteiger partial charge in [-0.1, -0.05) is 18.2 Å². The van der Waals surface area contributed by atoms with E-state index in [-0.39, 0.29) is 5.91 Å². The maximum absolute atomic E-state index is 12.3. The zero-order valence-electron chi connectivity index (χ0n) is 14.2. The van der Waals surface area contributed by atoms with Crippen LogP contribution >= 0.6 is 0 Å². The zero-order chi connectivity index (χ0) is 17.8. The van der Waals surface area contributed by atoms with E-state index >= 15 is 0 Å². The highest BCUT2D eigenvalue weighted by atomic mass is 16.5. The molecule has 2 aromatic heterocycles. The molecule has 0 bridgehead atoms. The zero-order valence-corrected chi connectivity index (χ0v) is 14.2. The SMILES string of the molecule is O=C(Nc1ccnn1Cc1cnn(-c2ccccc2)c1)C1=CCCCO1. The average Bonchev–Trinajstić information content (AvgIpc) is 3.33. The van der Waals surface area contributed by atoms with Gasteiger partial charge in [-0.2, -0.15) is 10.2 Å². The van der Waals surface area contributed by atoms with E-state index in [1.54, 1.807) is 23.1 Å². The quantitative estimate of drug-likeness (QED) is 0.769. The number of anilines is 1. The lowest BCUT2D eigenvalue weighted by Crippen LogP contribution is -2.21. The molecule has 0 spiro atoms. The topological polar surface area (TPSA) is 74.0 Å². The molecular formula is C19H19N5O2. The van der Waals surface area contributed by atoms with Crippen LogP contribution in [0.15, 0.2) is 66.8 Å². The van der Waals surface area contributed by atoms with Gasteiger partial charge in [-0.25, -0.2) is 9.36 Å². The van der Waals surface area contributed by atoms with Crippen molar-refractivity contribution in [2.24, 2.45) is 0 Å². The molecule has 4 rings (SSSR count). The molecule has 26 heavy (non-hydrogen) atoms. The van der Waals surface area contributed by atoms with Crippen molar-refractivity contribution in [2.45, 2.75) is 19.4 Å². The molecule has 1 aliphatic rings. The Balaban J connectivity index is 1.47. The normalized spacial score (nSPS) is 13.8. The van der Waals surface area contributed by atoms with Crippen molar-refractivity contribution in [3.8, 4) is 5.69 Å². The molecule has 0 atom stereocenters. The number of hydrogen-bond donors (Lipinski definition) is 1. The fourth-order valence-electron chi connectivity index (χ4n) is 2.80. The number of allylic oxidation sites excluding steroid dienone is 1. The van der Waals surface area contributed by atoms with Crippen molar-refractivity contribution in [3.05, 3.63) is 72.4 Å². The Morgan fingerprint density at radius 3 is 2.88 bits per heavy atom. The highest BCUT2D eigenvalue weighted by molar-refractivity contribution is 6.01. The number of nitrogens with one attached hydrogen (secondary N) is 1. The summed E-state index contributed by atoms with van der Waals surface area (Å²) in [5.74, 6) is 0.755. The second-order valence-electron chi connectivity index (χ2n) is 6.02. The van der Waals surface area contributed by atoms with Crippen LogP contribution in [-0.2, 0) is 16.1 Å². The summed E-state index contributed by atoms with van der Waals surface area (Å²) in [6.45, 7) is 1.09. The van der Waals surface area contributed by atoms with Gasteiger partial charge in [-0.3, -0.25) is 4.79 Å². The molecule has 0 aliphatic carbocycles. The summed E-state index contributed by atoms with van der Waals surface area (Å²) in [4.78, 5) is 12.3. The first-order chi connectivity index (χ1) is 12.8. The van der Waals surface area contributed by atoms with Gasteiger partial charge in [-0.15, -0.1) is 0 Å². The lowest BCUT2D eigenvalue weighted by atomic mass is 10.2. The first kappa shape index (κ1) is 16.1. The Hall–Kier alpha value is -3.35. The van der Waals surface area contributed by atoms with Crippen LogP contribution in [0.5, 0.6) is 0 Å². The molecule has 1 N–H and O–H groups in total. The molecule has 1 aromatic carbocycles. The third kappa shape index (κ3) is 3.51. The Kier molecular flexibility index (Phi) is 4.51. The number of rotatable bonds is 5. The van der Waals surface area contributed by atoms with E-state index in [4.69, 9.17) is 4.74 Å². The van der Waals surface area contributed by atoms with E-state index in [1.807, 2.05) is 47.3 Å². The number of benzene rings is 1. The van der Waals surface area contributed by atoms with Crippen molar-refractivity contribution in [1.29, 1.82) is 0 Å². The lowest BCUT2D eigenvalue weighted by Gasteiger charge is -2.14. The minimum absolute atomic E-state index is 0.244. The summed E-state index contributed by atoms with van der Waals surface area (Å²) >= 11 is 0. The number of hydrogen-bond acceptors (Lipinski definition) is 4. The molecule has 3 aromatic rings. The van der Waals surface area contributed by atoms with Gasteiger partial charge in [0.25, 0.3) is 5.91 Å². The van der Waals surface area contributed by atoms with Gasteiger partial charge in [0.1, 0.15) is 5.82 Å². The molecule has 0 fully saturated rings. The summed E-state index contributed by atoms with van der Waals surface area (Å²) in [6, 6.07) is 11.7. The van der Waals surface area contributed by atoms with E-state index < -0.39 is 0 Å². The molecule has 7 heteroatoms. The molecule has 0 unspecified atom stereocenters. The highest BCUT2D eigenvalue weighted by Gasteiger charge is 2.16. The first-order valence-corrected chi connectivity index (χ1v) is 8.55. The van der Waals surface area contributed by atoms with Crippen LogP contribution in [0.1, 0.15) is 18.4 Å². The molecule has 1 amide bonds. The number of carbonyl (C=O) groups is 1. The van der Waals surface area contributed by atoms with E-state index in [9.17, 15) is 4.79 Å². The molecule has 132 valence electrons. The summed E-state index contributed by atoms with van der Waals surface area (Å²) in [5, 5.41) is 11.5. The molecule has 1 aliphatic heterocycles.